The molecule has 0 atom stereocenters. The molecule has 3 N–H and O–H groups in total. The van der Waals surface area contributed by atoms with E-state index in [0.717, 1.165) is 45.6 Å². The van der Waals surface area contributed by atoms with Crippen molar-refractivity contribution in [3.8, 4) is 0 Å². The molecule has 2 rings (SSSR count). The van der Waals surface area contributed by atoms with E-state index in [1.54, 1.807) is 0 Å². The van der Waals surface area contributed by atoms with Gasteiger partial charge in [0.15, 0.2) is 0 Å². The van der Waals surface area contributed by atoms with Crippen molar-refractivity contribution in [1.82, 2.24) is 15.1 Å². The lowest BCUT2D eigenvalue weighted by atomic mass is 9.95. The van der Waals surface area contributed by atoms with Crippen LogP contribution in [0, 0.1) is 12.8 Å². The number of amides is 1. The fraction of sp³-hybridized carbons (Fsp3) is 0.550. The van der Waals surface area contributed by atoms with Gasteiger partial charge in [-0.2, -0.15) is 0 Å². The maximum atomic E-state index is 12.1. The molecular formula is C20H31N3O5. The Kier molecular flexibility index (Phi) is 10.2. The van der Waals surface area contributed by atoms with Crippen LogP contribution in [0.4, 0.5) is 0 Å². The second-order valence-corrected chi connectivity index (χ2v) is 7.24. The first-order valence-electron chi connectivity index (χ1n) is 9.35. The summed E-state index contributed by atoms with van der Waals surface area (Å²) in [5.74, 6) is -3.22. The van der Waals surface area contributed by atoms with Crippen LogP contribution in [0.1, 0.15) is 24.0 Å². The summed E-state index contributed by atoms with van der Waals surface area (Å²) in [7, 11) is 4.05. The van der Waals surface area contributed by atoms with Crippen molar-refractivity contribution in [2.24, 2.45) is 5.92 Å². The average Bonchev–Trinajstić information content (AvgIpc) is 2.62. The van der Waals surface area contributed by atoms with Crippen LogP contribution in [0.5, 0.6) is 0 Å². The number of nitrogens with one attached hydrogen (secondary N) is 1. The van der Waals surface area contributed by atoms with Crippen molar-refractivity contribution >= 4 is 17.8 Å². The van der Waals surface area contributed by atoms with Crippen molar-refractivity contribution in [3.63, 3.8) is 0 Å². The van der Waals surface area contributed by atoms with Crippen molar-refractivity contribution in [3.05, 3.63) is 35.4 Å². The van der Waals surface area contributed by atoms with E-state index >= 15 is 0 Å². The molecule has 1 aromatic carbocycles. The maximum absolute atomic E-state index is 12.1. The van der Waals surface area contributed by atoms with Crippen LogP contribution in [0.2, 0.25) is 0 Å². The van der Waals surface area contributed by atoms with Crippen LogP contribution in [-0.4, -0.2) is 78.1 Å². The molecule has 1 aliphatic heterocycles. The fourth-order valence-corrected chi connectivity index (χ4v) is 2.97. The molecule has 0 aromatic heterocycles. The number of aryl methyl sites for hydroxylation is 1. The second-order valence-electron chi connectivity index (χ2n) is 7.24. The van der Waals surface area contributed by atoms with Gasteiger partial charge in [-0.05, 0) is 52.5 Å². The summed E-state index contributed by atoms with van der Waals surface area (Å²) in [4.78, 5) is 34.9. The normalized spacial score (nSPS) is 14.9. The highest BCUT2D eigenvalue weighted by atomic mass is 16.4. The van der Waals surface area contributed by atoms with Crippen molar-refractivity contribution in [2.75, 3.05) is 40.3 Å². The number of aliphatic carboxylic acids is 2. The lowest BCUT2D eigenvalue weighted by Gasteiger charge is -2.31. The number of hydrogen-bond acceptors (Lipinski definition) is 5. The number of hydrogen-bond donors (Lipinski definition) is 3. The standard InChI is InChI=1S/C18H29N3O.C2H2O4/c1-15-5-4-6-16(13-15)14-21-10-7-17(8-11-21)18(22)19-9-12-20(2)3;3-1(4)2(5)6/h4-6,13,17H,7-12,14H2,1-3H3,(H,19,22);(H,3,4)(H,5,6). The summed E-state index contributed by atoms with van der Waals surface area (Å²) in [5.41, 5.74) is 2.68. The Morgan fingerprint density at radius 2 is 1.75 bits per heavy atom. The minimum Gasteiger partial charge on any atom is -0.473 e. The van der Waals surface area contributed by atoms with Crippen LogP contribution in [0.15, 0.2) is 24.3 Å². The third-order valence-corrected chi connectivity index (χ3v) is 4.49. The molecular weight excluding hydrogens is 362 g/mol. The molecule has 1 amide bonds. The molecule has 1 heterocycles. The summed E-state index contributed by atoms with van der Waals surface area (Å²) >= 11 is 0. The summed E-state index contributed by atoms with van der Waals surface area (Å²) in [5, 5.41) is 17.8. The van der Waals surface area contributed by atoms with Gasteiger partial charge in [0.1, 0.15) is 0 Å². The zero-order valence-corrected chi connectivity index (χ0v) is 16.9. The van der Waals surface area contributed by atoms with E-state index < -0.39 is 11.9 Å². The van der Waals surface area contributed by atoms with Crippen molar-refractivity contribution in [1.29, 1.82) is 0 Å². The van der Waals surface area contributed by atoms with Crippen molar-refractivity contribution in [2.45, 2.75) is 26.3 Å². The number of carbonyl (C=O) groups is 3. The molecule has 1 fully saturated rings. The Hall–Kier alpha value is -2.45. The van der Waals surface area contributed by atoms with E-state index in [0.29, 0.717) is 0 Å². The van der Waals surface area contributed by atoms with Gasteiger partial charge in [0.2, 0.25) is 5.91 Å². The Morgan fingerprint density at radius 3 is 2.25 bits per heavy atom. The average molecular weight is 393 g/mol. The lowest BCUT2D eigenvalue weighted by molar-refractivity contribution is -0.159. The number of nitrogens with zero attached hydrogens (tertiary/aromatic N) is 2. The topological polar surface area (TPSA) is 110 Å². The Bertz CT molecular complexity index is 643. The first-order valence-corrected chi connectivity index (χ1v) is 9.35. The van der Waals surface area contributed by atoms with E-state index in [2.05, 4.69) is 46.3 Å². The van der Waals surface area contributed by atoms with Gasteiger partial charge in [-0.3, -0.25) is 9.69 Å². The maximum Gasteiger partial charge on any atom is 0.414 e. The molecule has 0 spiro atoms. The number of benzene rings is 1. The zero-order chi connectivity index (χ0) is 21.1. The van der Waals surface area contributed by atoms with Gasteiger partial charge in [-0.15, -0.1) is 0 Å². The molecule has 0 saturated carbocycles. The van der Waals surface area contributed by atoms with Gasteiger partial charge in [0.25, 0.3) is 0 Å². The van der Waals surface area contributed by atoms with Crippen LogP contribution in [0.3, 0.4) is 0 Å². The fourth-order valence-electron chi connectivity index (χ4n) is 2.97. The van der Waals surface area contributed by atoms with Gasteiger partial charge in [0.05, 0.1) is 0 Å². The number of likely N-dealkylation sites (N-methyl/N-ethyl adjacent to an activating group) is 1. The van der Waals surface area contributed by atoms with E-state index in [1.807, 2.05) is 14.1 Å². The highest BCUT2D eigenvalue weighted by Gasteiger charge is 2.24. The van der Waals surface area contributed by atoms with E-state index in [9.17, 15) is 4.79 Å². The SMILES string of the molecule is Cc1cccc(CN2CCC(C(=O)NCCN(C)C)CC2)c1.O=C(O)C(=O)O. The molecule has 0 bridgehead atoms. The minimum absolute atomic E-state index is 0.191. The first kappa shape index (κ1) is 23.6. The molecule has 1 aliphatic rings. The van der Waals surface area contributed by atoms with Crippen LogP contribution in [-0.2, 0) is 20.9 Å². The zero-order valence-electron chi connectivity index (χ0n) is 16.9. The molecule has 1 saturated heterocycles. The number of carboxylic acids is 2. The molecule has 28 heavy (non-hydrogen) atoms. The summed E-state index contributed by atoms with van der Waals surface area (Å²) in [6.07, 6.45) is 1.94. The second kappa shape index (κ2) is 12.1. The Labute approximate surface area is 166 Å². The number of rotatable bonds is 6. The number of carboxylic acid groups (broad SMARTS) is 2. The predicted octanol–water partition coefficient (Wildman–Crippen LogP) is 1.04. The smallest absolute Gasteiger partial charge is 0.414 e. The van der Waals surface area contributed by atoms with Gasteiger partial charge in [0, 0.05) is 25.6 Å². The Morgan fingerprint density at radius 1 is 1.14 bits per heavy atom. The predicted molar refractivity (Wildman–Crippen MR) is 106 cm³/mol. The van der Waals surface area contributed by atoms with E-state index in [1.165, 1.54) is 11.1 Å². The Balaban J connectivity index is 0.000000568. The van der Waals surface area contributed by atoms with E-state index in [-0.39, 0.29) is 11.8 Å². The molecule has 8 heteroatoms. The molecule has 0 radical (unpaired) electrons. The molecule has 0 aliphatic carbocycles. The van der Waals surface area contributed by atoms with Gasteiger partial charge >= 0.3 is 11.9 Å². The third kappa shape index (κ3) is 9.48. The summed E-state index contributed by atoms with van der Waals surface area (Å²) < 4.78 is 0. The summed E-state index contributed by atoms with van der Waals surface area (Å²) in [6, 6.07) is 8.69. The number of piperidine rings is 1. The third-order valence-electron chi connectivity index (χ3n) is 4.49. The summed E-state index contributed by atoms with van der Waals surface area (Å²) in [6.45, 7) is 6.80. The van der Waals surface area contributed by atoms with Crippen molar-refractivity contribution < 1.29 is 24.6 Å². The highest BCUT2D eigenvalue weighted by Crippen LogP contribution is 2.19. The molecule has 156 valence electrons. The molecule has 1 aromatic rings. The van der Waals surface area contributed by atoms with Gasteiger partial charge < -0.3 is 20.4 Å². The lowest BCUT2D eigenvalue weighted by Crippen LogP contribution is -2.41. The van der Waals surface area contributed by atoms with Crippen LogP contribution < -0.4 is 5.32 Å². The highest BCUT2D eigenvalue weighted by molar-refractivity contribution is 6.27. The quantitative estimate of drug-likeness (QED) is 0.620. The number of carbonyl (C=O) groups excluding carboxylic acids is 1. The molecule has 8 nitrogen and oxygen atoms in total. The van der Waals surface area contributed by atoms with E-state index in [4.69, 9.17) is 19.8 Å². The van der Waals surface area contributed by atoms with Crippen LogP contribution in [0.25, 0.3) is 0 Å². The van der Waals surface area contributed by atoms with Gasteiger partial charge in [-0.1, -0.05) is 29.8 Å². The minimum atomic E-state index is -1.82. The number of likely N-dealkylation sites (tertiary alicyclic amines) is 1. The van der Waals surface area contributed by atoms with Gasteiger partial charge in [-0.25, -0.2) is 9.59 Å². The first-order chi connectivity index (χ1) is 13.2. The van der Waals surface area contributed by atoms with Crippen LogP contribution >= 0.6 is 0 Å². The largest absolute Gasteiger partial charge is 0.473 e. The molecule has 0 unspecified atom stereocenters. The monoisotopic (exact) mass is 393 g/mol.